The van der Waals surface area contributed by atoms with Crippen LogP contribution in [0.15, 0.2) is 18.2 Å². The second kappa shape index (κ2) is 8.40. The number of carbonyl (C=O) groups is 1. The van der Waals surface area contributed by atoms with E-state index >= 15 is 0 Å². The van der Waals surface area contributed by atoms with E-state index in [1.165, 1.54) is 6.42 Å². The molecule has 1 aliphatic rings. The molecule has 0 radical (unpaired) electrons. The van der Waals surface area contributed by atoms with Crippen LogP contribution in [0.2, 0.25) is 0 Å². The van der Waals surface area contributed by atoms with Crippen LogP contribution in [0.3, 0.4) is 0 Å². The van der Waals surface area contributed by atoms with E-state index in [-0.39, 0.29) is 24.4 Å². The van der Waals surface area contributed by atoms with Crippen molar-refractivity contribution in [3.05, 3.63) is 29.3 Å². The predicted molar refractivity (Wildman–Crippen MR) is 91.3 cm³/mol. The number of likely N-dealkylation sites (tertiary alicyclic amines) is 1. The Morgan fingerprint density at radius 2 is 1.95 bits per heavy atom. The second-order valence-corrected chi connectivity index (χ2v) is 5.80. The van der Waals surface area contributed by atoms with Gasteiger partial charge in [-0.3, -0.25) is 9.69 Å². The number of halogens is 1. The summed E-state index contributed by atoms with van der Waals surface area (Å²) in [5, 5.41) is 3.16. The van der Waals surface area contributed by atoms with Gasteiger partial charge in [0, 0.05) is 5.69 Å². The number of amides is 1. The molecule has 0 aromatic heterocycles. The number of hydrogen-bond donors (Lipinski definition) is 1. The lowest BCUT2D eigenvalue weighted by molar-refractivity contribution is -0.122. The van der Waals surface area contributed by atoms with Crippen molar-refractivity contribution in [1.82, 2.24) is 4.90 Å². The molecule has 3 nitrogen and oxygen atoms in total. The molecule has 0 unspecified atom stereocenters. The average molecular weight is 311 g/mol. The molecule has 1 saturated heterocycles. The summed E-state index contributed by atoms with van der Waals surface area (Å²) >= 11 is 0. The Balaban J connectivity index is 0.00000220. The highest BCUT2D eigenvalue weighted by Gasteiger charge is 2.28. The summed E-state index contributed by atoms with van der Waals surface area (Å²) in [6.07, 6.45) is 4.46. The molecular formula is C17H27ClN2O. The monoisotopic (exact) mass is 310 g/mol. The summed E-state index contributed by atoms with van der Waals surface area (Å²) in [5.41, 5.74) is 3.26. The topological polar surface area (TPSA) is 32.3 Å². The molecular weight excluding hydrogens is 284 g/mol. The van der Waals surface area contributed by atoms with Crippen molar-refractivity contribution >= 4 is 24.0 Å². The maximum Gasteiger partial charge on any atom is 0.241 e. The number of nitrogens with one attached hydrogen (secondary N) is 1. The van der Waals surface area contributed by atoms with Gasteiger partial charge in [0.2, 0.25) is 5.91 Å². The van der Waals surface area contributed by atoms with Crippen LogP contribution in [-0.4, -0.2) is 29.9 Å². The zero-order valence-electron chi connectivity index (χ0n) is 13.3. The van der Waals surface area contributed by atoms with Gasteiger partial charge in [-0.05, 0) is 57.3 Å². The third kappa shape index (κ3) is 4.45. The molecule has 4 heteroatoms. The van der Waals surface area contributed by atoms with Crippen LogP contribution < -0.4 is 5.32 Å². The fourth-order valence-corrected chi connectivity index (χ4v) is 3.06. The van der Waals surface area contributed by atoms with Crippen LogP contribution >= 0.6 is 12.4 Å². The highest BCUT2D eigenvalue weighted by atomic mass is 35.5. The van der Waals surface area contributed by atoms with Gasteiger partial charge >= 0.3 is 0 Å². The van der Waals surface area contributed by atoms with Crippen LogP contribution in [0, 0.1) is 13.8 Å². The Morgan fingerprint density at radius 1 is 1.29 bits per heavy atom. The fourth-order valence-electron chi connectivity index (χ4n) is 3.06. The van der Waals surface area contributed by atoms with Crippen molar-refractivity contribution in [2.75, 3.05) is 18.4 Å². The third-order valence-corrected chi connectivity index (χ3v) is 4.16. The van der Waals surface area contributed by atoms with Crippen LogP contribution in [0.4, 0.5) is 5.69 Å². The van der Waals surface area contributed by atoms with Crippen LogP contribution in [0.25, 0.3) is 0 Å². The largest absolute Gasteiger partial charge is 0.324 e. The van der Waals surface area contributed by atoms with Crippen LogP contribution in [-0.2, 0) is 4.79 Å². The number of hydrogen-bond acceptors (Lipinski definition) is 2. The van der Waals surface area contributed by atoms with Crippen molar-refractivity contribution in [2.24, 2.45) is 0 Å². The van der Waals surface area contributed by atoms with Gasteiger partial charge in [0.25, 0.3) is 0 Å². The molecule has 118 valence electrons. The first kappa shape index (κ1) is 18.0. The molecule has 21 heavy (non-hydrogen) atoms. The maximum absolute atomic E-state index is 12.6. The minimum atomic E-state index is 0. The molecule has 1 N–H and O–H groups in total. The van der Waals surface area contributed by atoms with E-state index in [2.05, 4.69) is 17.1 Å². The Morgan fingerprint density at radius 3 is 2.57 bits per heavy atom. The van der Waals surface area contributed by atoms with Gasteiger partial charge in [-0.2, -0.15) is 0 Å². The van der Waals surface area contributed by atoms with Gasteiger partial charge in [0.1, 0.15) is 0 Å². The summed E-state index contributed by atoms with van der Waals surface area (Å²) < 4.78 is 0. The van der Waals surface area contributed by atoms with Crippen molar-refractivity contribution in [2.45, 2.75) is 52.5 Å². The van der Waals surface area contributed by atoms with E-state index in [0.717, 1.165) is 49.2 Å². The molecule has 1 aliphatic heterocycles. The maximum atomic E-state index is 12.6. The molecule has 1 aromatic rings. The normalized spacial score (nSPS) is 18.9. The number of anilines is 1. The zero-order chi connectivity index (χ0) is 14.5. The standard InChI is InChI=1S/C17H26N2O.ClH/c1-4-11-19-12-6-5-10-15(19)17(20)18-16-13(2)8-7-9-14(16)3;/h7-9,15H,4-6,10-12H2,1-3H3,(H,18,20);1H/t15-;/m1./s1. The zero-order valence-corrected chi connectivity index (χ0v) is 14.1. The van der Waals surface area contributed by atoms with E-state index in [9.17, 15) is 4.79 Å². The minimum absolute atomic E-state index is 0. The summed E-state index contributed by atoms with van der Waals surface area (Å²) in [7, 11) is 0. The highest BCUT2D eigenvalue weighted by molar-refractivity contribution is 5.96. The number of carbonyl (C=O) groups excluding carboxylic acids is 1. The van der Waals surface area contributed by atoms with E-state index < -0.39 is 0 Å². The van der Waals surface area contributed by atoms with Crippen molar-refractivity contribution in [1.29, 1.82) is 0 Å². The molecule has 1 fully saturated rings. The predicted octanol–water partition coefficient (Wildman–Crippen LogP) is 3.93. The summed E-state index contributed by atoms with van der Waals surface area (Å²) in [5.74, 6) is 0.163. The van der Waals surface area contributed by atoms with E-state index in [1.807, 2.05) is 32.0 Å². The van der Waals surface area contributed by atoms with Crippen LogP contribution in [0.1, 0.15) is 43.7 Å². The fraction of sp³-hybridized carbons (Fsp3) is 0.588. The number of benzene rings is 1. The summed E-state index contributed by atoms with van der Waals surface area (Å²) in [6.45, 7) is 8.35. The molecule has 1 heterocycles. The summed E-state index contributed by atoms with van der Waals surface area (Å²) in [4.78, 5) is 14.9. The minimum Gasteiger partial charge on any atom is -0.324 e. The Labute approximate surface area is 134 Å². The van der Waals surface area contributed by atoms with Gasteiger partial charge in [0.05, 0.1) is 6.04 Å². The molecule has 0 aliphatic carbocycles. The first-order valence-corrected chi connectivity index (χ1v) is 7.74. The Bertz CT molecular complexity index is 454. The van der Waals surface area contributed by atoms with Crippen molar-refractivity contribution in [3.63, 3.8) is 0 Å². The van der Waals surface area contributed by atoms with Gasteiger partial charge in [-0.25, -0.2) is 0 Å². The average Bonchev–Trinajstić information content (AvgIpc) is 2.44. The summed E-state index contributed by atoms with van der Waals surface area (Å²) in [6, 6.07) is 6.17. The van der Waals surface area contributed by atoms with Crippen molar-refractivity contribution in [3.8, 4) is 0 Å². The smallest absolute Gasteiger partial charge is 0.241 e. The first-order valence-electron chi connectivity index (χ1n) is 7.74. The van der Waals surface area contributed by atoms with Crippen molar-refractivity contribution < 1.29 is 4.79 Å². The van der Waals surface area contributed by atoms with Gasteiger partial charge in [-0.15, -0.1) is 12.4 Å². The Kier molecular flexibility index (Phi) is 7.20. The Hall–Kier alpha value is -1.06. The molecule has 1 aromatic carbocycles. The quantitative estimate of drug-likeness (QED) is 0.914. The molecule has 0 bridgehead atoms. The number of aryl methyl sites for hydroxylation is 2. The van der Waals surface area contributed by atoms with E-state index in [4.69, 9.17) is 0 Å². The molecule has 0 saturated carbocycles. The number of piperidine rings is 1. The second-order valence-electron chi connectivity index (χ2n) is 5.80. The molecule has 0 spiro atoms. The third-order valence-electron chi connectivity index (χ3n) is 4.16. The number of rotatable bonds is 4. The lowest BCUT2D eigenvalue weighted by Gasteiger charge is -2.34. The van der Waals surface area contributed by atoms with Crippen LogP contribution in [0.5, 0.6) is 0 Å². The lowest BCUT2D eigenvalue weighted by atomic mass is 10.0. The molecule has 1 amide bonds. The molecule has 1 atom stereocenters. The highest BCUT2D eigenvalue weighted by Crippen LogP contribution is 2.23. The first-order chi connectivity index (χ1) is 9.63. The van der Waals surface area contributed by atoms with Gasteiger partial charge in [-0.1, -0.05) is 31.5 Å². The number of para-hydroxylation sites is 1. The number of nitrogens with zero attached hydrogens (tertiary/aromatic N) is 1. The molecule has 2 rings (SSSR count). The van der Waals surface area contributed by atoms with E-state index in [0.29, 0.717) is 0 Å². The van der Waals surface area contributed by atoms with Gasteiger partial charge < -0.3 is 5.32 Å². The SMILES string of the molecule is CCCN1CCCC[C@@H]1C(=O)Nc1c(C)cccc1C.Cl. The lowest BCUT2D eigenvalue weighted by Crippen LogP contribution is -2.47. The van der Waals surface area contributed by atoms with Gasteiger partial charge in [0.15, 0.2) is 0 Å². The van der Waals surface area contributed by atoms with E-state index in [1.54, 1.807) is 0 Å².